The maximum absolute atomic E-state index is 10.9. The quantitative estimate of drug-likeness (QED) is 0.582. The van der Waals surface area contributed by atoms with Crippen molar-refractivity contribution in [3.63, 3.8) is 0 Å². The first-order valence-electron chi connectivity index (χ1n) is 4.53. The van der Waals surface area contributed by atoms with Gasteiger partial charge in [-0.1, -0.05) is 0 Å². The zero-order valence-electron chi connectivity index (χ0n) is 8.53. The van der Waals surface area contributed by atoms with Crippen LogP contribution in [0.3, 0.4) is 0 Å². The molecule has 0 aliphatic heterocycles. The second-order valence-corrected chi connectivity index (χ2v) is 3.08. The number of nitro groups is 1. The van der Waals surface area contributed by atoms with Gasteiger partial charge in [0.05, 0.1) is 24.4 Å². The van der Waals surface area contributed by atoms with Crippen molar-refractivity contribution in [3.8, 4) is 11.4 Å². The van der Waals surface area contributed by atoms with Gasteiger partial charge in [-0.3, -0.25) is 10.1 Å². The summed E-state index contributed by atoms with van der Waals surface area (Å²) in [4.78, 5) is 14.3. The Morgan fingerprint density at radius 1 is 1.50 bits per heavy atom. The Hall–Kier alpha value is -2.37. The third-order valence-electron chi connectivity index (χ3n) is 2.16. The molecule has 0 spiro atoms. The maximum Gasteiger partial charge on any atom is 0.296 e. The molecule has 0 fully saturated rings. The molecule has 0 radical (unpaired) electrons. The summed E-state index contributed by atoms with van der Waals surface area (Å²) in [5.41, 5.74) is 0.445. The molecule has 0 aliphatic carbocycles. The normalized spacial score (nSPS) is 10.1. The minimum Gasteiger partial charge on any atom is -0.496 e. The van der Waals surface area contributed by atoms with Gasteiger partial charge in [0, 0.05) is 12.4 Å². The molecule has 2 aromatic rings. The lowest BCUT2D eigenvalue weighted by molar-refractivity contribution is -0.384. The van der Waals surface area contributed by atoms with Gasteiger partial charge in [-0.05, 0) is 12.1 Å². The van der Waals surface area contributed by atoms with Crippen molar-refractivity contribution < 1.29 is 9.66 Å². The van der Waals surface area contributed by atoms with Crippen LogP contribution >= 0.6 is 0 Å². The molecule has 1 heterocycles. The number of benzene rings is 1. The smallest absolute Gasteiger partial charge is 0.296 e. The average Bonchev–Trinajstić information content (AvgIpc) is 2.81. The summed E-state index contributed by atoms with van der Waals surface area (Å²) in [7, 11) is 1.47. The summed E-state index contributed by atoms with van der Waals surface area (Å²) < 4.78 is 6.53. The van der Waals surface area contributed by atoms with Gasteiger partial charge in [-0.25, -0.2) is 4.98 Å². The van der Waals surface area contributed by atoms with E-state index in [0.717, 1.165) is 0 Å². The Bertz CT molecular complexity index is 508. The molecule has 0 saturated carbocycles. The van der Waals surface area contributed by atoms with Crippen molar-refractivity contribution in [1.82, 2.24) is 9.55 Å². The van der Waals surface area contributed by atoms with Gasteiger partial charge >= 0.3 is 0 Å². The third-order valence-corrected chi connectivity index (χ3v) is 2.16. The van der Waals surface area contributed by atoms with Crippen LogP contribution in [0.25, 0.3) is 5.69 Å². The Balaban J connectivity index is 2.57. The van der Waals surface area contributed by atoms with Gasteiger partial charge in [0.1, 0.15) is 11.4 Å². The molecule has 0 unspecified atom stereocenters. The van der Waals surface area contributed by atoms with Crippen molar-refractivity contribution in [2.45, 2.75) is 0 Å². The number of rotatable bonds is 3. The Kier molecular flexibility index (Phi) is 2.55. The van der Waals surface area contributed by atoms with E-state index in [1.807, 2.05) is 0 Å². The third kappa shape index (κ3) is 1.72. The van der Waals surface area contributed by atoms with Gasteiger partial charge in [-0.2, -0.15) is 0 Å². The molecular weight excluding hydrogens is 210 g/mol. The second kappa shape index (κ2) is 4.01. The Labute approximate surface area is 91.3 Å². The minimum atomic E-state index is -0.447. The van der Waals surface area contributed by atoms with E-state index in [1.165, 1.54) is 19.5 Å². The zero-order chi connectivity index (χ0) is 11.5. The number of methoxy groups -OCH3 is 1. The van der Waals surface area contributed by atoms with Crippen LogP contribution in [0.15, 0.2) is 36.9 Å². The SMILES string of the molecule is COc1ccc(-n2ccnc2)c([N+](=O)[O-])c1. The molecule has 16 heavy (non-hydrogen) atoms. The molecule has 6 heteroatoms. The van der Waals surface area contributed by atoms with Crippen LogP contribution in [0.2, 0.25) is 0 Å². The first kappa shape index (κ1) is 10.2. The summed E-state index contributed by atoms with van der Waals surface area (Å²) >= 11 is 0. The van der Waals surface area contributed by atoms with E-state index in [2.05, 4.69) is 4.98 Å². The number of ether oxygens (including phenoxy) is 1. The van der Waals surface area contributed by atoms with Gasteiger partial charge in [0.15, 0.2) is 0 Å². The van der Waals surface area contributed by atoms with Crippen LogP contribution in [0.5, 0.6) is 5.75 Å². The van der Waals surface area contributed by atoms with Crippen molar-refractivity contribution in [3.05, 3.63) is 47.0 Å². The molecule has 0 N–H and O–H groups in total. The summed E-state index contributed by atoms with van der Waals surface area (Å²) in [5.74, 6) is 0.454. The highest BCUT2D eigenvalue weighted by Gasteiger charge is 2.16. The molecule has 0 bridgehead atoms. The highest BCUT2D eigenvalue weighted by atomic mass is 16.6. The summed E-state index contributed by atoms with van der Waals surface area (Å²) in [6.07, 6.45) is 4.72. The lowest BCUT2D eigenvalue weighted by atomic mass is 10.2. The van der Waals surface area contributed by atoms with E-state index in [-0.39, 0.29) is 5.69 Å². The summed E-state index contributed by atoms with van der Waals surface area (Å²) in [6, 6.07) is 4.68. The number of imidazole rings is 1. The van der Waals surface area contributed by atoms with Crippen LogP contribution < -0.4 is 4.74 Å². The number of aromatic nitrogens is 2. The fraction of sp³-hybridized carbons (Fsp3) is 0.100. The van der Waals surface area contributed by atoms with Crippen molar-refractivity contribution in [1.29, 1.82) is 0 Å². The van der Waals surface area contributed by atoms with Crippen molar-refractivity contribution >= 4 is 5.69 Å². The fourth-order valence-corrected chi connectivity index (χ4v) is 1.40. The van der Waals surface area contributed by atoms with Crippen LogP contribution in [0, 0.1) is 10.1 Å². The largest absolute Gasteiger partial charge is 0.496 e. The standard InChI is InChI=1S/C10H9N3O3/c1-16-8-2-3-9(10(6-8)13(14)15)12-5-4-11-7-12/h2-7H,1H3. The lowest BCUT2D eigenvalue weighted by Crippen LogP contribution is -1.98. The topological polar surface area (TPSA) is 70.2 Å². The predicted molar refractivity (Wildman–Crippen MR) is 56.8 cm³/mol. The maximum atomic E-state index is 10.9. The molecule has 82 valence electrons. The number of nitrogens with zero attached hydrogens (tertiary/aromatic N) is 3. The molecular formula is C10H9N3O3. The molecule has 6 nitrogen and oxygen atoms in total. The molecule has 1 aromatic carbocycles. The summed E-state index contributed by atoms with van der Waals surface area (Å²) in [5, 5.41) is 10.9. The predicted octanol–water partition coefficient (Wildman–Crippen LogP) is 1.79. The van der Waals surface area contributed by atoms with Crippen molar-refractivity contribution in [2.75, 3.05) is 7.11 Å². The van der Waals surface area contributed by atoms with Gasteiger partial charge in [-0.15, -0.1) is 0 Å². The van der Waals surface area contributed by atoms with E-state index < -0.39 is 4.92 Å². The van der Waals surface area contributed by atoms with Gasteiger partial charge in [0.25, 0.3) is 5.69 Å². The zero-order valence-corrected chi connectivity index (χ0v) is 8.53. The lowest BCUT2D eigenvalue weighted by Gasteiger charge is -2.05. The van der Waals surface area contributed by atoms with E-state index in [4.69, 9.17) is 4.74 Å². The first-order chi connectivity index (χ1) is 7.72. The Morgan fingerprint density at radius 3 is 2.88 bits per heavy atom. The van der Waals surface area contributed by atoms with Crippen LogP contribution in [-0.4, -0.2) is 21.6 Å². The van der Waals surface area contributed by atoms with Crippen molar-refractivity contribution in [2.24, 2.45) is 0 Å². The first-order valence-corrected chi connectivity index (χ1v) is 4.53. The number of hydrogen-bond acceptors (Lipinski definition) is 4. The van der Waals surface area contributed by atoms with Crippen LogP contribution in [0.1, 0.15) is 0 Å². The molecule has 2 rings (SSSR count). The molecule has 0 aliphatic rings. The van der Waals surface area contributed by atoms with E-state index in [9.17, 15) is 10.1 Å². The molecule has 0 amide bonds. The monoisotopic (exact) mass is 219 g/mol. The second-order valence-electron chi connectivity index (χ2n) is 3.08. The summed E-state index contributed by atoms with van der Waals surface area (Å²) in [6.45, 7) is 0. The Morgan fingerprint density at radius 2 is 2.31 bits per heavy atom. The number of hydrogen-bond donors (Lipinski definition) is 0. The highest BCUT2D eigenvalue weighted by Crippen LogP contribution is 2.27. The molecule has 0 atom stereocenters. The van der Waals surface area contributed by atoms with Crippen LogP contribution in [0.4, 0.5) is 5.69 Å². The minimum absolute atomic E-state index is 0.0163. The fourth-order valence-electron chi connectivity index (χ4n) is 1.40. The molecule has 1 aromatic heterocycles. The van der Waals surface area contributed by atoms with E-state index in [0.29, 0.717) is 11.4 Å². The highest BCUT2D eigenvalue weighted by molar-refractivity contribution is 5.55. The van der Waals surface area contributed by atoms with E-state index in [1.54, 1.807) is 29.1 Å². The van der Waals surface area contributed by atoms with Gasteiger partial charge < -0.3 is 9.30 Å². The number of nitro benzene ring substituents is 1. The van der Waals surface area contributed by atoms with E-state index >= 15 is 0 Å². The van der Waals surface area contributed by atoms with Gasteiger partial charge in [0.2, 0.25) is 0 Å². The van der Waals surface area contributed by atoms with Crippen LogP contribution in [-0.2, 0) is 0 Å². The molecule has 0 saturated heterocycles. The average molecular weight is 219 g/mol.